The molecule has 0 unspecified atom stereocenters. The van der Waals surface area contributed by atoms with Crippen molar-refractivity contribution in [1.29, 1.82) is 0 Å². The molecule has 0 saturated carbocycles. The average molecular weight is 393 g/mol. The van der Waals surface area contributed by atoms with Crippen molar-refractivity contribution in [1.82, 2.24) is 5.32 Å². The molecule has 0 spiro atoms. The molecule has 1 amide bonds. The van der Waals surface area contributed by atoms with Crippen LogP contribution < -0.4 is 14.2 Å². The van der Waals surface area contributed by atoms with Crippen LogP contribution in [0.3, 0.4) is 0 Å². The normalized spacial score (nSPS) is 13.1. The maximum atomic E-state index is 12.5. The highest BCUT2D eigenvalue weighted by Crippen LogP contribution is 2.35. The molecule has 0 atom stereocenters. The summed E-state index contributed by atoms with van der Waals surface area (Å²) in [6.07, 6.45) is -0.646. The number of rotatable bonds is 3. The predicted octanol–water partition coefficient (Wildman–Crippen LogP) is 3.18. The first-order valence-electron chi connectivity index (χ1n) is 7.39. The molecule has 10 heteroatoms. The molecule has 1 aliphatic rings. The molecule has 3 rings (SSSR count). The Kier molecular flexibility index (Phi) is 5.05. The number of aryl methyl sites for hydroxylation is 1. The van der Waals surface area contributed by atoms with Gasteiger partial charge < -0.3 is 13.6 Å². The van der Waals surface area contributed by atoms with E-state index >= 15 is 0 Å². The van der Waals surface area contributed by atoms with Crippen LogP contribution in [0.25, 0.3) is 0 Å². The number of hydrogen-bond donors (Lipinski definition) is 2. The molecular formula is C16H15N3O5S2. The number of carbonyl (C=O) groups is 1. The van der Waals surface area contributed by atoms with Crippen molar-refractivity contribution >= 4 is 44.7 Å². The number of benzene rings is 2. The lowest BCUT2D eigenvalue weighted by atomic mass is 10.2. The second kappa shape index (κ2) is 7.26. The van der Waals surface area contributed by atoms with Gasteiger partial charge in [0.15, 0.2) is 5.17 Å². The van der Waals surface area contributed by atoms with Crippen LogP contribution in [-0.2, 0) is 14.9 Å². The lowest BCUT2D eigenvalue weighted by Crippen LogP contribution is -2.29. The molecule has 8 nitrogen and oxygen atoms in total. The topological polar surface area (TPSA) is 106 Å². The highest BCUT2D eigenvalue weighted by atomic mass is 32.2. The van der Waals surface area contributed by atoms with Crippen LogP contribution in [-0.4, -0.2) is 26.8 Å². The van der Waals surface area contributed by atoms with Crippen molar-refractivity contribution in [2.75, 3.05) is 11.8 Å². The van der Waals surface area contributed by atoms with E-state index in [9.17, 15) is 13.2 Å². The SMILES string of the molecule is COC(=O)NC1=Nc2ccc(S(=O)(=O)Oc3cccc(C)c3)cc2NS1. The number of fused-ring (bicyclic) bond motifs is 1. The van der Waals surface area contributed by atoms with E-state index in [2.05, 4.69) is 19.8 Å². The Bertz CT molecular complexity index is 989. The zero-order chi connectivity index (χ0) is 18.7. The minimum absolute atomic E-state index is 0.00886. The summed E-state index contributed by atoms with van der Waals surface area (Å²) in [6, 6.07) is 11.1. The minimum Gasteiger partial charge on any atom is -0.453 e. The Balaban J connectivity index is 1.84. The van der Waals surface area contributed by atoms with Gasteiger partial charge in [-0.05, 0) is 42.8 Å². The third-order valence-corrected chi connectivity index (χ3v) is 5.28. The summed E-state index contributed by atoms with van der Waals surface area (Å²) < 4.78 is 37.6. The van der Waals surface area contributed by atoms with Crippen LogP contribution in [0.1, 0.15) is 5.56 Å². The van der Waals surface area contributed by atoms with E-state index < -0.39 is 16.2 Å². The van der Waals surface area contributed by atoms with Gasteiger partial charge in [0, 0.05) is 11.9 Å². The number of nitrogens with one attached hydrogen (secondary N) is 2. The maximum Gasteiger partial charge on any atom is 0.412 e. The van der Waals surface area contributed by atoms with Gasteiger partial charge in [-0.25, -0.2) is 9.79 Å². The average Bonchev–Trinajstić information content (AvgIpc) is 2.60. The Hall–Kier alpha value is -2.72. The molecule has 2 aromatic rings. The van der Waals surface area contributed by atoms with Crippen molar-refractivity contribution < 1.29 is 22.1 Å². The molecule has 136 valence electrons. The number of anilines is 1. The summed E-state index contributed by atoms with van der Waals surface area (Å²) in [6.45, 7) is 1.84. The van der Waals surface area contributed by atoms with Gasteiger partial charge in [0.05, 0.1) is 18.5 Å². The molecule has 2 aromatic carbocycles. The highest BCUT2D eigenvalue weighted by Gasteiger charge is 2.21. The van der Waals surface area contributed by atoms with Crippen molar-refractivity contribution in [3.05, 3.63) is 48.0 Å². The first-order valence-corrected chi connectivity index (χ1v) is 9.61. The molecule has 0 aliphatic carbocycles. The first-order chi connectivity index (χ1) is 12.4. The standard InChI is InChI=1S/C16H15N3O5S2/c1-10-4-3-5-11(8-10)24-26(21,22)12-6-7-13-14(9-12)19-25-15(17-13)18-16(20)23-2/h3-9,19H,1-2H3,(H,17,18,20). The van der Waals surface area contributed by atoms with Crippen LogP contribution in [0, 0.1) is 6.92 Å². The Morgan fingerprint density at radius 2 is 2.04 bits per heavy atom. The van der Waals surface area contributed by atoms with Gasteiger partial charge in [-0.2, -0.15) is 8.42 Å². The van der Waals surface area contributed by atoms with E-state index in [-0.39, 0.29) is 15.8 Å². The van der Waals surface area contributed by atoms with E-state index in [0.29, 0.717) is 11.4 Å². The molecular weight excluding hydrogens is 378 g/mol. The summed E-state index contributed by atoms with van der Waals surface area (Å²) in [7, 11) is -2.74. The van der Waals surface area contributed by atoms with Gasteiger partial charge in [-0.15, -0.1) is 0 Å². The molecule has 0 bridgehead atoms. The quantitative estimate of drug-likeness (QED) is 0.609. The number of aliphatic imine (C=N–C) groups is 1. The second-order valence-corrected chi connectivity index (χ2v) is 7.61. The molecule has 26 heavy (non-hydrogen) atoms. The lowest BCUT2D eigenvalue weighted by Gasteiger charge is -2.17. The molecule has 0 radical (unpaired) electrons. The molecule has 0 aromatic heterocycles. The van der Waals surface area contributed by atoms with E-state index in [1.807, 2.05) is 13.0 Å². The summed E-state index contributed by atoms with van der Waals surface area (Å²) >= 11 is 1.03. The van der Waals surface area contributed by atoms with Gasteiger partial charge in [-0.3, -0.25) is 5.32 Å². The number of amidine groups is 1. The number of alkyl carbamates (subject to hydrolysis) is 1. The van der Waals surface area contributed by atoms with Crippen molar-refractivity contribution in [3.63, 3.8) is 0 Å². The minimum atomic E-state index is -3.99. The summed E-state index contributed by atoms with van der Waals surface area (Å²) in [4.78, 5) is 15.4. The van der Waals surface area contributed by atoms with Crippen molar-refractivity contribution in [2.45, 2.75) is 11.8 Å². The smallest absolute Gasteiger partial charge is 0.412 e. The van der Waals surface area contributed by atoms with E-state index in [1.165, 1.54) is 25.3 Å². The first kappa shape index (κ1) is 18.1. The summed E-state index contributed by atoms with van der Waals surface area (Å²) in [5, 5.41) is 2.73. The number of carbonyl (C=O) groups excluding carboxylic acids is 1. The highest BCUT2D eigenvalue weighted by molar-refractivity contribution is 8.15. The van der Waals surface area contributed by atoms with Crippen LogP contribution in [0.2, 0.25) is 0 Å². The van der Waals surface area contributed by atoms with E-state index in [1.54, 1.807) is 18.2 Å². The maximum absolute atomic E-state index is 12.5. The second-order valence-electron chi connectivity index (χ2n) is 5.27. The van der Waals surface area contributed by atoms with Gasteiger partial charge in [-0.1, -0.05) is 12.1 Å². The van der Waals surface area contributed by atoms with Crippen molar-refractivity contribution in [2.24, 2.45) is 4.99 Å². The third-order valence-electron chi connectivity index (χ3n) is 3.33. The molecule has 1 aliphatic heterocycles. The fourth-order valence-corrected chi connectivity index (χ4v) is 3.72. The van der Waals surface area contributed by atoms with E-state index in [0.717, 1.165) is 17.5 Å². The van der Waals surface area contributed by atoms with Crippen LogP contribution in [0.4, 0.5) is 16.2 Å². The predicted molar refractivity (Wildman–Crippen MR) is 99.3 cm³/mol. The Morgan fingerprint density at radius 3 is 2.77 bits per heavy atom. The van der Waals surface area contributed by atoms with Crippen LogP contribution in [0.15, 0.2) is 52.4 Å². The van der Waals surface area contributed by atoms with Gasteiger partial charge in [0.25, 0.3) is 0 Å². The Labute approximate surface area is 154 Å². The van der Waals surface area contributed by atoms with Gasteiger partial charge in [0.2, 0.25) is 0 Å². The fraction of sp³-hybridized carbons (Fsp3) is 0.125. The number of nitrogens with zero attached hydrogens (tertiary/aromatic N) is 1. The fourth-order valence-electron chi connectivity index (χ4n) is 2.12. The number of ether oxygens (including phenoxy) is 1. The van der Waals surface area contributed by atoms with E-state index in [4.69, 9.17) is 4.18 Å². The molecule has 2 N–H and O–H groups in total. The largest absolute Gasteiger partial charge is 0.453 e. The summed E-state index contributed by atoms with van der Waals surface area (Å²) in [5.74, 6) is 0.243. The molecule has 0 saturated heterocycles. The summed E-state index contributed by atoms with van der Waals surface area (Å²) in [5.41, 5.74) is 1.85. The van der Waals surface area contributed by atoms with Gasteiger partial charge in [0.1, 0.15) is 10.6 Å². The zero-order valence-electron chi connectivity index (χ0n) is 13.8. The van der Waals surface area contributed by atoms with Crippen molar-refractivity contribution in [3.8, 4) is 5.75 Å². The van der Waals surface area contributed by atoms with Gasteiger partial charge >= 0.3 is 16.2 Å². The molecule has 1 heterocycles. The number of hydrogen-bond acceptors (Lipinski definition) is 8. The van der Waals surface area contributed by atoms with Crippen LogP contribution in [0.5, 0.6) is 5.75 Å². The van der Waals surface area contributed by atoms with Crippen LogP contribution >= 0.6 is 11.9 Å². The Morgan fingerprint density at radius 1 is 1.23 bits per heavy atom. The number of methoxy groups -OCH3 is 1. The zero-order valence-corrected chi connectivity index (χ0v) is 15.5. The monoisotopic (exact) mass is 393 g/mol. The third kappa shape index (κ3) is 4.09. The number of amides is 1. The lowest BCUT2D eigenvalue weighted by molar-refractivity contribution is 0.177. The molecule has 0 fully saturated rings.